The molecule has 0 atom stereocenters. The van der Waals surface area contributed by atoms with Crippen molar-refractivity contribution in [1.29, 1.82) is 0 Å². The molecule has 0 saturated carbocycles. The molecule has 0 aromatic heterocycles. The average molecular weight is 285 g/mol. The first-order chi connectivity index (χ1) is 8.97. The van der Waals surface area contributed by atoms with E-state index in [9.17, 15) is 18.0 Å². The Kier molecular flexibility index (Phi) is 3.90. The van der Waals surface area contributed by atoms with E-state index in [2.05, 4.69) is 0 Å². The van der Waals surface area contributed by atoms with Gasteiger partial charge in [-0.05, 0) is 42.0 Å². The van der Waals surface area contributed by atoms with E-state index >= 15 is 0 Å². The molecule has 0 unspecified atom stereocenters. The molecule has 0 amide bonds. The van der Waals surface area contributed by atoms with Crippen LogP contribution in [-0.2, 0) is 6.42 Å². The summed E-state index contributed by atoms with van der Waals surface area (Å²) in [5.41, 5.74) is -0.143. The van der Waals surface area contributed by atoms with Gasteiger partial charge in [-0.25, -0.2) is 13.2 Å². The summed E-state index contributed by atoms with van der Waals surface area (Å²) in [5.74, 6) is -2.74. The quantitative estimate of drug-likeness (QED) is 0.773. The summed E-state index contributed by atoms with van der Waals surface area (Å²) in [7, 11) is 0. The van der Waals surface area contributed by atoms with Gasteiger partial charge in [0.1, 0.15) is 17.5 Å². The molecular weight excluding hydrogens is 277 g/mol. The van der Waals surface area contributed by atoms with Gasteiger partial charge in [-0.1, -0.05) is 11.6 Å². The lowest BCUT2D eigenvalue weighted by Gasteiger charge is -2.05. The molecule has 0 aliphatic rings. The van der Waals surface area contributed by atoms with Crippen LogP contribution in [0.5, 0.6) is 0 Å². The minimum atomic E-state index is -0.820. The first kappa shape index (κ1) is 13.6. The van der Waals surface area contributed by atoms with Crippen LogP contribution in [0.15, 0.2) is 36.4 Å². The van der Waals surface area contributed by atoms with Crippen LogP contribution in [0, 0.1) is 17.5 Å². The summed E-state index contributed by atoms with van der Waals surface area (Å²) in [4.78, 5) is 11.9. The Morgan fingerprint density at radius 3 is 2.37 bits per heavy atom. The Hall–Kier alpha value is -1.81. The lowest BCUT2D eigenvalue weighted by molar-refractivity contribution is 0.0988. The van der Waals surface area contributed by atoms with Crippen molar-refractivity contribution in [1.82, 2.24) is 0 Å². The van der Waals surface area contributed by atoms with Gasteiger partial charge in [0.2, 0.25) is 0 Å². The highest BCUT2D eigenvalue weighted by Crippen LogP contribution is 2.20. The van der Waals surface area contributed by atoms with Crippen LogP contribution < -0.4 is 0 Å². The third kappa shape index (κ3) is 3.15. The fourth-order valence-corrected chi connectivity index (χ4v) is 1.84. The number of ketones is 1. The fourth-order valence-electron chi connectivity index (χ4n) is 1.66. The lowest BCUT2D eigenvalue weighted by atomic mass is 10.0. The van der Waals surface area contributed by atoms with Crippen LogP contribution in [0.2, 0.25) is 5.02 Å². The molecular formula is C14H8ClF3O. The Balaban J connectivity index is 2.30. The van der Waals surface area contributed by atoms with Crippen molar-refractivity contribution in [3.63, 3.8) is 0 Å². The number of halogens is 4. The van der Waals surface area contributed by atoms with Crippen molar-refractivity contribution in [3.8, 4) is 0 Å². The summed E-state index contributed by atoms with van der Waals surface area (Å²) in [6.45, 7) is 0. The van der Waals surface area contributed by atoms with Gasteiger partial charge in [-0.2, -0.15) is 0 Å². The number of Topliss-reactive ketones (excluding diaryl/α,β-unsaturated/α-hetero) is 1. The number of hydrogen-bond acceptors (Lipinski definition) is 1. The molecule has 0 fully saturated rings. The van der Waals surface area contributed by atoms with Gasteiger partial charge in [0, 0.05) is 11.4 Å². The Morgan fingerprint density at radius 1 is 1.00 bits per heavy atom. The number of carbonyl (C=O) groups is 1. The SMILES string of the molecule is O=C(Cc1cc(F)ccc1Cl)c1cc(F)ccc1F. The number of carbonyl (C=O) groups excluding carboxylic acids is 1. The number of benzene rings is 2. The monoisotopic (exact) mass is 284 g/mol. The second-order valence-electron chi connectivity index (χ2n) is 3.96. The maximum absolute atomic E-state index is 13.4. The van der Waals surface area contributed by atoms with Gasteiger partial charge in [-0.3, -0.25) is 4.79 Å². The van der Waals surface area contributed by atoms with Gasteiger partial charge < -0.3 is 0 Å². The minimum absolute atomic E-state index is 0.201. The maximum Gasteiger partial charge on any atom is 0.170 e. The molecule has 0 radical (unpaired) electrons. The number of rotatable bonds is 3. The summed E-state index contributed by atoms with van der Waals surface area (Å²) in [6, 6.07) is 6.15. The molecule has 5 heteroatoms. The molecule has 2 aromatic rings. The molecule has 98 valence electrons. The second-order valence-corrected chi connectivity index (χ2v) is 4.37. The molecule has 0 heterocycles. The topological polar surface area (TPSA) is 17.1 Å². The number of hydrogen-bond donors (Lipinski definition) is 0. The summed E-state index contributed by atoms with van der Waals surface area (Å²) >= 11 is 5.81. The van der Waals surface area contributed by atoms with Gasteiger partial charge >= 0.3 is 0 Å². The molecule has 0 saturated heterocycles. The highest BCUT2D eigenvalue weighted by Gasteiger charge is 2.15. The van der Waals surface area contributed by atoms with Crippen LogP contribution in [0.4, 0.5) is 13.2 Å². The molecule has 0 bridgehead atoms. The molecule has 2 aromatic carbocycles. The molecule has 0 spiro atoms. The smallest absolute Gasteiger partial charge is 0.170 e. The third-order valence-electron chi connectivity index (χ3n) is 2.59. The third-order valence-corrected chi connectivity index (χ3v) is 2.96. The summed E-state index contributed by atoms with van der Waals surface area (Å²) in [6.07, 6.45) is -0.295. The van der Waals surface area contributed by atoms with E-state index in [1.54, 1.807) is 0 Å². The van der Waals surface area contributed by atoms with Crippen LogP contribution in [0.3, 0.4) is 0 Å². The van der Waals surface area contributed by atoms with E-state index in [1.807, 2.05) is 0 Å². The molecule has 0 aliphatic heterocycles. The Morgan fingerprint density at radius 2 is 1.63 bits per heavy atom. The van der Waals surface area contributed by atoms with Crippen LogP contribution in [0.25, 0.3) is 0 Å². The van der Waals surface area contributed by atoms with Gasteiger partial charge in [0.25, 0.3) is 0 Å². The second kappa shape index (κ2) is 5.45. The highest BCUT2D eigenvalue weighted by atomic mass is 35.5. The van der Waals surface area contributed by atoms with Crippen molar-refractivity contribution in [3.05, 3.63) is 70.0 Å². The molecule has 0 N–H and O–H groups in total. The van der Waals surface area contributed by atoms with E-state index in [-0.39, 0.29) is 22.6 Å². The minimum Gasteiger partial charge on any atom is -0.294 e. The Labute approximate surface area is 112 Å². The van der Waals surface area contributed by atoms with Crippen molar-refractivity contribution in [2.75, 3.05) is 0 Å². The van der Waals surface area contributed by atoms with Gasteiger partial charge in [0.05, 0.1) is 5.56 Å². The molecule has 2 rings (SSSR count). The average Bonchev–Trinajstić information content (AvgIpc) is 2.36. The van der Waals surface area contributed by atoms with Crippen LogP contribution in [-0.4, -0.2) is 5.78 Å². The van der Waals surface area contributed by atoms with Crippen molar-refractivity contribution in [2.45, 2.75) is 6.42 Å². The van der Waals surface area contributed by atoms with Crippen molar-refractivity contribution in [2.24, 2.45) is 0 Å². The standard InChI is InChI=1S/C14H8ClF3O/c15-12-3-1-9(16)5-8(12)6-14(19)11-7-10(17)2-4-13(11)18/h1-5,7H,6H2. The first-order valence-electron chi connectivity index (χ1n) is 5.39. The normalized spacial score (nSPS) is 10.5. The van der Waals surface area contributed by atoms with Crippen LogP contribution >= 0.6 is 11.6 Å². The van der Waals surface area contributed by atoms with E-state index in [1.165, 1.54) is 6.07 Å². The molecule has 0 aliphatic carbocycles. The largest absolute Gasteiger partial charge is 0.294 e. The summed E-state index contributed by atoms with van der Waals surface area (Å²) < 4.78 is 39.4. The zero-order valence-electron chi connectivity index (χ0n) is 9.59. The zero-order chi connectivity index (χ0) is 14.0. The fraction of sp³-hybridized carbons (Fsp3) is 0.0714. The highest BCUT2D eigenvalue weighted by molar-refractivity contribution is 6.31. The predicted octanol–water partition coefficient (Wildman–Crippen LogP) is 4.18. The van der Waals surface area contributed by atoms with Gasteiger partial charge in [-0.15, -0.1) is 0 Å². The van der Waals surface area contributed by atoms with E-state index < -0.39 is 23.2 Å². The van der Waals surface area contributed by atoms with Crippen LogP contribution in [0.1, 0.15) is 15.9 Å². The first-order valence-corrected chi connectivity index (χ1v) is 5.77. The Bertz CT molecular complexity index is 641. The van der Waals surface area contributed by atoms with E-state index in [4.69, 9.17) is 11.6 Å². The predicted molar refractivity (Wildman–Crippen MR) is 65.8 cm³/mol. The van der Waals surface area contributed by atoms with E-state index in [0.29, 0.717) is 0 Å². The van der Waals surface area contributed by atoms with Crippen molar-refractivity contribution < 1.29 is 18.0 Å². The van der Waals surface area contributed by atoms with Gasteiger partial charge in [0.15, 0.2) is 5.78 Å². The molecule has 1 nitrogen and oxygen atoms in total. The van der Waals surface area contributed by atoms with E-state index in [0.717, 1.165) is 30.3 Å². The van der Waals surface area contributed by atoms with Crippen molar-refractivity contribution >= 4 is 17.4 Å². The maximum atomic E-state index is 13.4. The lowest BCUT2D eigenvalue weighted by Crippen LogP contribution is -2.07. The zero-order valence-corrected chi connectivity index (χ0v) is 10.3. The summed E-state index contributed by atoms with van der Waals surface area (Å²) in [5, 5.41) is 0.201. The molecule has 19 heavy (non-hydrogen) atoms.